The van der Waals surface area contributed by atoms with Crippen molar-refractivity contribution in [1.29, 1.82) is 0 Å². The third-order valence-corrected chi connectivity index (χ3v) is 6.71. The molecule has 0 bridgehead atoms. The van der Waals surface area contributed by atoms with Crippen LogP contribution in [0.15, 0.2) is 48.7 Å². The number of rotatable bonds is 7. The van der Waals surface area contributed by atoms with Crippen LogP contribution in [-0.4, -0.2) is 58.9 Å². The quantitative estimate of drug-likeness (QED) is 0.527. The molecule has 1 saturated heterocycles. The Labute approximate surface area is 197 Å². The lowest BCUT2D eigenvalue weighted by atomic mass is 10.1. The van der Waals surface area contributed by atoms with Crippen LogP contribution in [0, 0.1) is 13.8 Å². The lowest BCUT2D eigenvalue weighted by molar-refractivity contribution is 0.0368. The van der Waals surface area contributed by atoms with Crippen LogP contribution in [0.25, 0.3) is 10.9 Å². The van der Waals surface area contributed by atoms with Crippen molar-refractivity contribution in [3.8, 4) is 0 Å². The number of nitrogens with one attached hydrogen (secondary N) is 1. The summed E-state index contributed by atoms with van der Waals surface area (Å²) >= 11 is 5.95. The van der Waals surface area contributed by atoms with Crippen molar-refractivity contribution in [3.05, 3.63) is 65.4 Å². The number of thiocarbonyl (C=S) groups is 1. The molecule has 0 amide bonds. The van der Waals surface area contributed by atoms with Crippen LogP contribution in [0.2, 0.25) is 0 Å². The van der Waals surface area contributed by atoms with Crippen LogP contribution in [0.4, 0.5) is 5.69 Å². The number of morpholine rings is 1. The zero-order valence-electron chi connectivity index (χ0n) is 19.4. The first-order valence-corrected chi connectivity index (χ1v) is 11.9. The molecule has 1 aromatic heterocycles. The Morgan fingerprint density at radius 2 is 1.78 bits per heavy atom. The van der Waals surface area contributed by atoms with Crippen LogP contribution in [-0.2, 0) is 18.3 Å². The van der Waals surface area contributed by atoms with E-state index in [1.807, 2.05) is 0 Å². The molecule has 3 aromatic rings. The molecular weight excluding hydrogens is 416 g/mol. The summed E-state index contributed by atoms with van der Waals surface area (Å²) in [5.41, 5.74) is 6.11. The number of nitrogens with zero attached hydrogens (tertiary/aromatic N) is 3. The molecule has 1 aliphatic rings. The average Bonchev–Trinajstić information content (AvgIpc) is 3.12. The van der Waals surface area contributed by atoms with Crippen molar-refractivity contribution >= 4 is 33.9 Å². The Balaban J connectivity index is 1.52. The van der Waals surface area contributed by atoms with Crippen molar-refractivity contribution in [3.63, 3.8) is 0 Å². The van der Waals surface area contributed by atoms with Gasteiger partial charge in [0.1, 0.15) is 0 Å². The smallest absolute Gasteiger partial charge is 0.173 e. The Hall–Kier alpha value is -2.41. The summed E-state index contributed by atoms with van der Waals surface area (Å²) in [5.74, 6) is 0. The number of fused-ring (bicyclic) bond motifs is 1. The van der Waals surface area contributed by atoms with Gasteiger partial charge < -0.3 is 19.5 Å². The summed E-state index contributed by atoms with van der Waals surface area (Å²) in [6.07, 6.45) is 3.31. The van der Waals surface area contributed by atoms with Crippen molar-refractivity contribution in [1.82, 2.24) is 14.4 Å². The molecule has 0 aliphatic carbocycles. The largest absolute Gasteiger partial charge is 0.379 e. The van der Waals surface area contributed by atoms with Gasteiger partial charge in [0.25, 0.3) is 0 Å². The predicted octanol–water partition coefficient (Wildman–Crippen LogP) is 4.72. The summed E-state index contributed by atoms with van der Waals surface area (Å²) in [7, 11) is 2.11. The normalized spacial score (nSPS) is 14.6. The highest BCUT2D eigenvalue weighted by atomic mass is 32.1. The maximum Gasteiger partial charge on any atom is 0.173 e. The highest BCUT2D eigenvalue weighted by Crippen LogP contribution is 2.24. The fourth-order valence-electron chi connectivity index (χ4n) is 4.52. The lowest BCUT2D eigenvalue weighted by Gasteiger charge is -2.30. The minimum absolute atomic E-state index is 0.789. The Bertz CT molecular complexity index is 1050. The van der Waals surface area contributed by atoms with E-state index in [-0.39, 0.29) is 0 Å². The molecule has 0 radical (unpaired) electrons. The monoisotopic (exact) mass is 450 g/mol. The third-order valence-electron chi connectivity index (χ3n) is 6.35. The molecule has 1 N–H and O–H groups in total. The summed E-state index contributed by atoms with van der Waals surface area (Å²) in [6, 6.07) is 14.9. The fourth-order valence-corrected chi connectivity index (χ4v) is 4.78. The summed E-state index contributed by atoms with van der Waals surface area (Å²) in [5, 5.41) is 5.64. The zero-order chi connectivity index (χ0) is 22.5. The first-order valence-electron chi connectivity index (χ1n) is 11.5. The molecule has 32 heavy (non-hydrogen) atoms. The number of ether oxygens (including phenoxy) is 1. The zero-order valence-corrected chi connectivity index (χ0v) is 20.3. The Morgan fingerprint density at radius 3 is 2.53 bits per heavy atom. The summed E-state index contributed by atoms with van der Waals surface area (Å²) in [6.45, 7) is 10.8. The first-order chi connectivity index (χ1) is 15.5. The van der Waals surface area contributed by atoms with Gasteiger partial charge in [-0.05, 0) is 55.2 Å². The van der Waals surface area contributed by atoms with Gasteiger partial charge in [0.05, 0.1) is 13.2 Å². The van der Waals surface area contributed by atoms with Crippen LogP contribution in [0.3, 0.4) is 0 Å². The van der Waals surface area contributed by atoms with Crippen LogP contribution in [0.1, 0.15) is 23.1 Å². The second-order valence-electron chi connectivity index (χ2n) is 8.71. The molecule has 0 saturated carbocycles. The van der Waals surface area contributed by atoms with Crippen molar-refractivity contribution in [2.45, 2.75) is 26.8 Å². The number of anilines is 1. The number of hydrogen-bond donors (Lipinski definition) is 1. The van der Waals surface area contributed by atoms with E-state index < -0.39 is 0 Å². The van der Waals surface area contributed by atoms with Crippen molar-refractivity contribution in [2.75, 3.05) is 44.7 Å². The highest BCUT2D eigenvalue weighted by Gasteiger charge is 2.17. The van der Waals surface area contributed by atoms with E-state index in [4.69, 9.17) is 17.0 Å². The highest BCUT2D eigenvalue weighted by molar-refractivity contribution is 7.80. The second-order valence-corrected chi connectivity index (χ2v) is 9.10. The van der Waals surface area contributed by atoms with Crippen LogP contribution >= 0.6 is 12.2 Å². The van der Waals surface area contributed by atoms with E-state index in [1.165, 1.54) is 27.6 Å². The number of aromatic nitrogens is 1. The fraction of sp³-hybridized carbons (Fsp3) is 0.423. The van der Waals surface area contributed by atoms with Gasteiger partial charge in [-0.3, -0.25) is 4.90 Å². The second kappa shape index (κ2) is 10.5. The molecule has 0 atom stereocenters. The SMILES string of the molecule is Cc1cccc(C)c1NC(=S)N(CCCN1CCOCC1)Cc1cn(C)c2ccccc12. The lowest BCUT2D eigenvalue weighted by Crippen LogP contribution is -2.40. The Morgan fingerprint density at radius 1 is 1.06 bits per heavy atom. The molecule has 170 valence electrons. The van der Waals surface area contributed by atoms with Crippen molar-refractivity contribution in [2.24, 2.45) is 7.05 Å². The molecule has 1 fully saturated rings. The van der Waals surface area contributed by atoms with E-state index in [0.717, 1.165) is 63.2 Å². The first kappa shape index (κ1) is 22.8. The molecule has 2 aromatic carbocycles. The van der Waals surface area contributed by atoms with Crippen LogP contribution in [0.5, 0.6) is 0 Å². The molecule has 0 spiro atoms. The number of hydrogen-bond acceptors (Lipinski definition) is 3. The average molecular weight is 451 g/mol. The minimum atomic E-state index is 0.789. The molecule has 2 heterocycles. The molecular formula is C26H34N4OS. The van der Waals surface area contributed by atoms with E-state index in [1.54, 1.807) is 0 Å². The van der Waals surface area contributed by atoms with Gasteiger partial charge in [0.15, 0.2) is 5.11 Å². The van der Waals surface area contributed by atoms with E-state index in [2.05, 4.69) is 89.2 Å². The number of para-hydroxylation sites is 2. The molecule has 0 unspecified atom stereocenters. The van der Waals surface area contributed by atoms with Gasteiger partial charge in [-0.1, -0.05) is 36.4 Å². The van der Waals surface area contributed by atoms with Gasteiger partial charge in [0, 0.05) is 62.6 Å². The molecule has 1 aliphatic heterocycles. The van der Waals surface area contributed by atoms with Crippen molar-refractivity contribution < 1.29 is 4.74 Å². The van der Waals surface area contributed by atoms with Gasteiger partial charge in [0.2, 0.25) is 0 Å². The number of aryl methyl sites for hydroxylation is 3. The van der Waals surface area contributed by atoms with Gasteiger partial charge in [-0.25, -0.2) is 0 Å². The standard InChI is InChI=1S/C26H34N4OS/c1-20-8-6-9-21(2)25(20)27-26(32)30(13-7-12-29-14-16-31-17-15-29)19-22-18-28(3)24-11-5-4-10-23(22)24/h4-6,8-11,18H,7,12-17,19H2,1-3H3,(H,27,32). The van der Waals surface area contributed by atoms with Crippen LogP contribution < -0.4 is 5.32 Å². The van der Waals surface area contributed by atoms with Gasteiger partial charge >= 0.3 is 0 Å². The molecule has 6 heteroatoms. The third kappa shape index (κ3) is 5.31. The maximum atomic E-state index is 5.95. The maximum absolute atomic E-state index is 5.95. The van der Waals surface area contributed by atoms with E-state index >= 15 is 0 Å². The molecule has 4 rings (SSSR count). The summed E-state index contributed by atoms with van der Waals surface area (Å²) < 4.78 is 7.70. The van der Waals surface area contributed by atoms with E-state index in [9.17, 15) is 0 Å². The Kier molecular flexibility index (Phi) is 7.45. The predicted molar refractivity (Wildman–Crippen MR) is 137 cm³/mol. The minimum Gasteiger partial charge on any atom is -0.379 e. The molecule has 5 nitrogen and oxygen atoms in total. The topological polar surface area (TPSA) is 32.7 Å². The van der Waals surface area contributed by atoms with Gasteiger partial charge in [-0.15, -0.1) is 0 Å². The number of benzene rings is 2. The summed E-state index contributed by atoms with van der Waals surface area (Å²) in [4.78, 5) is 4.81. The van der Waals surface area contributed by atoms with E-state index in [0.29, 0.717) is 0 Å². The van der Waals surface area contributed by atoms with Gasteiger partial charge in [-0.2, -0.15) is 0 Å².